The fraction of sp³-hybridized carbons (Fsp3) is 0.538. The summed E-state index contributed by atoms with van der Waals surface area (Å²) < 4.78 is 0. The van der Waals surface area contributed by atoms with Gasteiger partial charge in [0.05, 0.1) is 0 Å². The molecular formula is C13H22N2. The maximum Gasteiger partial charge on any atom is 0.0227 e. The second kappa shape index (κ2) is 5.89. The highest BCUT2D eigenvalue weighted by Crippen LogP contribution is 2.08. The number of hydrogen-bond donors (Lipinski definition) is 1. The van der Waals surface area contributed by atoms with Gasteiger partial charge in [0.15, 0.2) is 0 Å². The molecule has 0 fully saturated rings. The van der Waals surface area contributed by atoms with Gasteiger partial charge in [-0.15, -0.1) is 0 Å². The van der Waals surface area contributed by atoms with Crippen LogP contribution in [-0.2, 0) is 13.0 Å². The van der Waals surface area contributed by atoms with Crippen LogP contribution in [-0.4, -0.2) is 25.0 Å². The molecule has 84 valence electrons. The summed E-state index contributed by atoms with van der Waals surface area (Å²) in [7, 11) is 4.17. The fourth-order valence-electron chi connectivity index (χ4n) is 1.59. The van der Waals surface area contributed by atoms with Crippen LogP contribution in [0.3, 0.4) is 0 Å². The molecule has 2 nitrogen and oxygen atoms in total. The Kier molecular flexibility index (Phi) is 4.79. The third-order valence-electron chi connectivity index (χ3n) is 2.54. The molecule has 0 aliphatic carbocycles. The SMILES string of the molecule is CCC(N)Cc1ccc(CN(C)C)cc1. The maximum atomic E-state index is 5.92. The van der Waals surface area contributed by atoms with Gasteiger partial charge in [-0.05, 0) is 38.1 Å². The molecule has 0 radical (unpaired) electrons. The second-order valence-corrected chi connectivity index (χ2v) is 4.43. The summed E-state index contributed by atoms with van der Waals surface area (Å²) in [5, 5.41) is 0. The second-order valence-electron chi connectivity index (χ2n) is 4.43. The van der Waals surface area contributed by atoms with Gasteiger partial charge >= 0.3 is 0 Å². The lowest BCUT2D eigenvalue weighted by Gasteiger charge is -2.11. The smallest absolute Gasteiger partial charge is 0.0227 e. The molecule has 1 unspecified atom stereocenters. The fourth-order valence-corrected chi connectivity index (χ4v) is 1.59. The van der Waals surface area contributed by atoms with E-state index in [4.69, 9.17) is 5.73 Å². The highest BCUT2D eigenvalue weighted by Gasteiger charge is 2.01. The zero-order valence-electron chi connectivity index (χ0n) is 10.0. The number of nitrogens with two attached hydrogens (primary N) is 1. The first-order valence-electron chi connectivity index (χ1n) is 5.60. The Hall–Kier alpha value is -0.860. The maximum absolute atomic E-state index is 5.92. The Morgan fingerprint density at radius 3 is 2.13 bits per heavy atom. The van der Waals surface area contributed by atoms with Crippen molar-refractivity contribution in [2.75, 3.05) is 14.1 Å². The zero-order valence-corrected chi connectivity index (χ0v) is 10.0. The van der Waals surface area contributed by atoms with Crippen molar-refractivity contribution in [3.63, 3.8) is 0 Å². The van der Waals surface area contributed by atoms with Crippen molar-refractivity contribution in [1.82, 2.24) is 4.90 Å². The molecule has 0 spiro atoms. The highest BCUT2D eigenvalue weighted by atomic mass is 15.0. The molecule has 0 heterocycles. The largest absolute Gasteiger partial charge is 0.327 e. The molecule has 2 N–H and O–H groups in total. The van der Waals surface area contributed by atoms with E-state index in [-0.39, 0.29) is 0 Å². The molecule has 15 heavy (non-hydrogen) atoms. The number of rotatable bonds is 5. The van der Waals surface area contributed by atoms with E-state index in [0.29, 0.717) is 6.04 Å². The average Bonchev–Trinajstić information content (AvgIpc) is 2.20. The highest BCUT2D eigenvalue weighted by molar-refractivity contribution is 5.23. The summed E-state index contributed by atoms with van der Waals surface area (Å²) in [6.45, 7) is 3.13. The zero-order chi connectivity index (χ0) is 11.3. The van der Waals surface area contributed by atoms with Gasteiger partial charge in [-0.25, -0.2) is 0 Å². The van der Waals surface area contributed by atoms with Crippen LogP contribution in [0.1, 0.15) is 24.5 Å². The molecule has 1 aromatic carbocycles. The summed E-state index contributed by atoms with van der Waals surface area (Å²) in [5.41, 5.74) is 8.61. The van der Waals surface area contributed by atoms with Gasteiger partial charge in [-0.3, -0.25) is 0 Å². The third-order valence-corrected chi connectivity index (χ3v) is 2.54. The molecule has 0 saturated heterocycles. The van der Waals surface area contributed by atoms with Gasteiger partial charge < -0.3 is 10.6 Å². The van der Waals surface area contributed by atoms with Crippen molar-refractivity contribution in [1.29, 1.82) is 0 Å². The van der Waals surface area contributed by atoms with Crippen LogP contribution in [0.15, 0.2) is 24.3 Å². The Balaban J connectivity index is 2.56. The van der Waals surface area contributed by atoms with E-state index in [0.717, 1.165) is 19.4 Å². The monoisotopic (exact) mass is 206 g/mol. The minimum Gasteiger partial charge on any atom is -0.327 e. The first-order valence-corrected chi connectivity index (χ1v) is 5.60. The summed E-state index contributed by atoms with van der Waals surface area (Å²) >= 11 is 0. The van der Waals surface area contributed by atoms with E-state index in [2.05, 4.69) is 50.2 Å². The van der Waals surface area contributed by atoms with Crippen molar-refractivity contribution < 1.29 is 0 Å². The minimum absolute atomic E-state index is 0.296. The van der Waals surface area contributed by atoms with E-state index in [1.54, 1.807) is 0 Å². The van der Waals surface area contributed by atoms with Crippen LogP contribution in [0, 0.1) is 0 Å². The van der Waals surface area contributed by atoms with E-state index < -0.39 is 0 Å². The molecule has 0 aliphatic rings. The van der Waals surface area contributed by atoms with Crippen molar-refractivity contribution in [3.05, 3.63) is 35.4 Å². The number of nitrogens with zero attached hydrogens (tertiary/aromatic N) is 1. The van der Waals surface area contributed by atoms with Gasteiger partial charge in [-0.2, -0.15) is 0 Å². The Labute approximate surface area is 93.1 Å². The molecule has 2 heteroatoms. The normalized spacial score (nSPS) is 13.1. The molecule has 1 aromatic rings. The van der Waals surface area contributed by atoms with Crippen molar-refractivity contribution in [2.45, 2.75) is 32.4 Å². The molecule has 0 aliphatic heterocycles. The average molecular weight is 206 g/mol. The van der Waals surface area contributed by atoms with Crippen LogP contribution in [0.5, 0.6) is 0 Å². The number of hydrogen-bond acceptors (Lipinski definition) is 2. The van der Waals surface area contributed by atoms with Crippen LogP contribution in [0.4, 0.5) is 0 Å². The first kappa shape index (κ1) is 12.2. The summed E-state index contributed by atoms with van der Waals surface area (Å²) in [6.07, 6.45) is 2.03. The molecule has 0 bridgehead atoms. The van der Waals surface area contributed by atoms with Crippen molar-refractivity contribution in [3.8, 4) is 0 Å². The molecule has 0 saturated carbocycles. The lowest BCUT2D eigenvalue weighted by Crippen LogP contribution is -2.21. The standard InChI is InChI=1S/C13H22N2/c1-4-13(14)9-11-5-7-12(8-6-11)10-15(2)3/h5-8,13H,4,9-10,14H2,1-3H3. The lowest BCUT2D eigenvalue weighted by atomic mass is 10.0. The van der Waals surface area contributed by atoms with Crippen LogP contribution < -0.4 is 5.73 Å². The van der Waals surface area contributed by atoms with E-state index in [1.165, 1.54) is 11.1 Å². The quantitative estimate of drug-likeness (QED) is 0.798. The van der Waals surface area contributed by atoms with Gasteiger partial charge in [0.1, 0.15) is 0 Å². The topological polar surface area (TPSA) is 29.3 Å². The van der Waals surface area contributed by atoms with Crippen LogP contribution in [0.2, 0.25) is 0 Å². The van der Waals surface area contributed by atoms with E-state index >= 15 is 0 Å². The minimum atomic E-state index is 0.296. The Morgan fingerprint density at radius 1 is 1.13 bits per heavy atom. The van der Waals surface area contributed by atoms with Gasteiger partial charge in [0.25, 0.3) is 0 Å². The molecular weight excluding hydrogens is 184 g/mol. The van der Waals surface area contributed by atoms with Crippen LogP contribution in [0.25, 0.3) is 0 Å². The van der Waals surface area contributed by atoms with Gasteiger partial charge in [0.2, 0.25) is 0 Å². The van der Waals surface area contributed by atoms with Gasteiger partial charge in [0, 0.05) is 12.6 Å². The van der Waals surface area contributed by atoms with E-state index in [1.807, 2.05) is 0 Å². The molecule has 1 atom stereocenters. The Bertz CT molecular complexity index is 277. The van der Waals surface area contributed by atoms with Crippen LogP contribution >= 0.6 is 0 Å². The third kappa shape index (κ3) is 4.45. The molecule has 1 rings (SSSR count). The molecule has 0 amide bonds. The van der Waals surface area contributed by atoms with Crippen molar-refractivity contribution >= 4 is 0 Å². The summed E-state index contributed by atoms with van der Waals surface area (Å²) in [4.78, 5) is 2.17. The predicted molar refractivity (Wildman–Crippen MR) is 65.8 cm³/mol. The predicted octanol–water partition coefficient (Wildman–Crippen LogP) is 2.03. The van der Waals surface area contributed by atoms with E-state index in [9.17, 15) is 0 Å². The first-order chi connectivity index (χ1) is 7.11. The van der Waals surface area contributed by atoms with Gasteiger partial charge in [-0.1, -0.05) is 31.2 Å². The summed E-state index contributed by atoms with van der Waals surface area (Å²) in [6, 6.07) is 9.06. The summed E-state index contributed by atoms with van der Waals surface area (Å²) in [5.74, 6) is 0. The lowest BCUT2D eigenvalue weighted by molar-refractivity contribution is 0.402. The Morgan fingerprint density at radius 2 is 1.67 bits per heavy atom. The number of benzene rings is 1. The van der Waals surface area contributed by atoms with Crippen molar-refractivity contribution in [2.24, 2.45) is 5.73 Å². The molecule has 0 aromatic heterocycles.